The predicted octanol–water partition coefficient (Wildman–Crippen LogP) is 1.80. The van der Waals surface area contributed by atoms with Crippen LogP contribution in [0.4, 0.5) is 8.78 Å². The first-order chi connectivity index (χ1) is 7.17. The molecule has 0 saturated carbocycles. The number of hydrogen-bond donors (Lipinski definition) is 1. The fourth-order valence-corrected chi connectivity index (χ4v) is 1.14. The zero-order valence-corrected chi connectivity index (χ0v) is 8.37. The number of ether oxygens (including phenoxy) is 2. The minimum Gasteiger partial charge on any atom is -0.496 e. The van der Waals surface area contributed by atoms with Crippen LogP contribution in [0.25, 0.3) is 0 Å². The van der Waals surface area contributed by atoms with E-state index < -0.39 is 13.0 Å². The molecule has 0 bridgehead atoms. The third-order valence-electron chi connectivity index (χ3n) is 1.85. The van der Waals surface area contributed by atoms with Crippen LogP contribution in [0.3, 0.4) is 0 Å². The van der Waals surface area contributed by atoms with Crippen molar-refractivity contribution in [1.82, 2.24) is 0 Å². The largest absolute Gasteiger partial charge is 0.496 e. The highest BCUT2D eigenvalue weighted by Crippen LogP contribution is 2.24. The number of rotatable bonds is 5. The van der Waals surface area contributed by atoms with E-state index in [1.54, 1.807) is 18.2 Å². The molecule has 1 aromatic rings. The summed E-state index contributed by atoms with van der Waals surface area (Å²) in [5.41, 5.74) is 6.26. The van der Waals surface area contributed by atoms with E-state index in [0.29, 0.717) is 18.0 Å². The second-order valence-electron chi connectivity index (χ2n) is 2.88. The lowest BCUT2D eigenvalue weighted by Crippen LogP contribution is -2.07. The molecule has 0 aliphatic rings. The van der Waals surface area contributed by atoms with Crippen LogP contribution in [0.2, 0.25) is 0 Å². The molecule has 0 radical (unpaired) electrons. The highest BCUT2D eigenvalue weighted by atomic mass is 19.3. The summed E-state index contributed by atoms with van der Waals surface area (Å²) in [6.45, 7) is -0.288. The van der Waals surface area contributed by atoms with Crippen molar-refractivity contribution >= 4 is 0 Å². The third-order valence-corrected chi connectivity index (χ3v) is 1.85. The monoisotopic (exact) mass is 217 g/mol. The summed E-state index contributed by atoms with van der Waals surface area (Å²) in [5, 5.41) is 0. The van der Waals surface area contributed by atoms with Crippen LogP contribution < -0.4 is 15.2 Å². The Bertz CT molecular complexity index is 318. The lowest BCUT2D eigenvalue weighted by Gasteiger charge is -2.10. The minimum absolute atomic E-state index is 0.332. The van der Waals surface area contributed by atoms with Gasteiger partial charge in [-0.3, -0.25) is 0 Å². The molecule has 2 N–H and O–H groups in total. The average molecular weight is 217 g/mol. The Morgan fingerprint density at radius 3 is 2.67 bits per heavy atom. The van der Waals surface area contributed by atoms with Crippen molar-refractivity contribution in [3.63, 3.8) is 0 Å². The van der Waals surface area contributed by atoms with Crippen molar-refractivity contribution in [3.8, 4) is 11.5 Å². The molecule has 0 spiro atoms. The number of halogens is 2. The SMILES string of the molecule is COc1cc(OCC(F)F)ccc1CN. The third kappa shape index (κ3) is 3.36. The highest BCUT2D eigenvalue weighted by Gasteiger charge is 2.06. The molecule has 0 unspecified atom stereocenters. The van der Waals surface area contributed by atoms with E-state index in [0.717, 1.165) is 5.56 Å². The van der Waals surface area contributed by atoms with Crippen molar-refractivity contribution in [2.24, 2.45) is 5.73 Å². The Morgan fingerprint density at radius 2 is 2.13 bits per heavy atom. The fraction of sp³-hybridized carbons (Fsp3) is 0.400. The Labute approximate surface area is 86.8 Å². The van der Waals surface area contributed by atoms with Gasteiger partial charge in [-0.1, -0.05) is 6.07 Å². The molecule has 0 aliphatic heterocycles. The van der Waals surface area contributed by atoms with Crippen LogP contribution in [-0.4, -0.2) is 20.1 Å². The van der Waals surface area contributed by atoms with Crippen molar-refractivity contribution in [2.75, 3.05) is 13.7 Å². The van der Waals surface area contributed by atoms with Gasteiger partial charge in [-0.25, -0.2) is 8.78 Å². The number of methoxy groups -OCH3 is 1. The predicted molar refractivity (Wildman–Crippen MR) is 52.4 cm³/mol. The summed E-state index contributed by atoms with van der Waals surface area (Å²) < 4.78 is 33.6. The summed E-state index contributed by atoms with van der Waals surface area (Å²) in [5.74, 6) is 0.897. The molecule has 5 heteroatoms. The zero-order valence-electron chi connectivity index (χ0n) is 8.37. The van der Waals surface area contributed by atoms with Gasteiger partial charge in [0.1, 0.15) is 18.1 Å². The molecule has 0 saturated heterocycles. The van der Waals surface area contributed by atoms with Gasteiger partial charge in [0.05, 0.1) is 7.11 Å². The topological polar surface area (TPSA) is 44.5 Å². The van der Waals surface area contributed by atoms with E-state index in [-0.39, 0.29) is 0 Å². The van der Waals surface area contributed by atoms with Gasteiger partial charge in [0.15, 0.2) is 0 Å². The minimum atomic E-state index is -2.48. The second-order valence-corrected chi connectivity index (χ2v) is 2.88. The standard InChI is InChI=1S/C10H13F2NO2/c1-14-9-4-8(15-6-10(11)12)3-2-7(9)5-13/h2-4,10H,5-6,13H2,1H3. The highest BCUT2D eigenvalue weighted by molar-refractivity contribution is 5.40. The summed E-state index contributed by atoms with van der Waals surface area (Å²) in [6.07, 6.45) is -2.48. The van der Waals surface area contributed by atoms with Crippen LogP contribution in [0.15, 0.2) is 18.2 Å². The molecule has 1 aromatic carbocycles. The smallest absolute Gasteiger partial charge is 0.272 e. The zero-order chi connectivity index (χ0) is 11.3. The first kappa shape index (κ1) is 11.7. The van der Waals surface area contributed by atoms with Crippen LogP contribution >= 0.6 is 0 Å². The van der Waals surface area contributed by atoms with Gasteiger partial charge in [0.2, 0.25) is 0 Å². The molecule has 15 heavy (non-hydrogen) atoms. The maximum Gasteiger partial charge on any atom is 0.272 e. The first-order valence-corrected chi connectivity index (χ1v) is 4.45. The fourth-order valence-electron chi connectivity index (χ4n) is 1.14. The van der Waals surface area contributed by atoms with Crippen LogP contribution in [0.5, 0.6) is 11.5 Å². The number of nitrogens with two attached hydrogens (primary N) is 1. The summed E-state index contributed by atoms with van der Waals surface area (Å²) in [6, 6.07) is 4.83. The maximum absolute atomic E-state index is 11.9. The number of hydrogen-bond acceptors (Lipinski definition) is 3. The van der Waals surface area contributed by atoms with E-state index in [1.165, 1.54) is 7.11 Å². The van der Waals surface area contributed by atoms with Gasteiger partial charge < -0.3 is 15.2 Å². The van der Waals surface area contributed by atoms with Gasteiger partial charge in [0.25, 0.3) is 6.43 Å². The summed E-state index contributed by atoms with van der Waals surface area (Å²) >= 11 is 0. The summed E-state index contributed by atoms with van der Waals surface area (Å²) in [4.78, 5) is 0. The van der Waals surface area contributed by atoms with Crippen molar-refractivity contribution < 1.29 is 18.3 Å². The van der Waals surface area contributed by atoms with E-state index in [1.807, 2.05) is 0 Å². The Morgan fingerprint density at radius 1 is 1.40 bits per heavy atom. The van der Waals surface area contributed by atoms with E-state index in [2.05, 4.69) is 0 Å². The lowest BCUT2D eigenvalue weighted by atomic mass is 10.2. The molecule has 0 heterocycles. The first-order valence-electron chi connectivity index (χ1n) is 4.45. The van der Waals surface area contributed by atoms with Gasteiger partial charge in [-0.05, 0) is 6.07 Å². The quantitative estimate of drug-likeness (QED) is 0.817. The van der Waals surface area contributed by atoms with Crippen molar-refractivity contribution in [1.29, 1.82) is 0 Å². The van der Waals surface area contributed by atoms with Gasteiger partial charge >= 0.3 is 0 Å². The molecule has 0 fully saturated rings. The normalized spacial score (nSPS) is 10.5. The Kier molecular flexibility index (Phi) is 4.30. The molecule has 0 amide bonds. The molecule has 84 valence electrons. The maximum atomic E-state index is 11.9. The number of alkyl halides is 2. The van der Waals surface area contributed by atoms with Gasteiger partial charge in [-0.15, -0.1) is 0 Å². The summed E-state index contributed by atoms with van der Waals surface area (Å²) in [7, 11) is 1.49. The average Bonchev–Trinajstić information content (AvgIpc) is 2.25. The molecule has 0 aliphatic carbocycles. The Hall–Kier alpha value is -1.36. The molecule has 1 rings (SSSR count). The van der Waals surface area contributed by atoms with Crippen LogP contribution in [0.1, 0.15) is 5.56 Å². The van der Waals surface area contributed by atoms with Crippen molar-refractivity contribution in [2.45, 2.75) is 13.0 Å². The van der Waals surface area contributed by atoms with Crippen LogP contribution in [0, 0.1) is 0 Å². The van der Waals surface area contributed by atoms with Gasteiger partial charge in [0, 0.05) is 18.2 Å². The van der Waals surface area contributed by atoms with E-state index >= 15 is 0 Å². The van der Waals surface area contributed by atoms with Crippen LogP contribution in [-0.2, 0) is 6.54 Å². The molecule has 3 nitrogen and oxygen atoms in total. The molecular formula is C10H13F2NO2. The molecule has 0 aromatic heterocycles. The van der Waals surface area contributed by atoms with E-state index in [4.69, 9.17) is 15.2 Å². The van der Waals surface area contributed by atoms with Crippen molar-refractivity contribution in [3.05, 3.63) is 23.8 Å². The lowest BCUT2D eigenvalue weighted by molar-refractivity contribution is 0.0817. The molecular weight excluding hydrogens is 204 g/mol. The van der Waals surface area contributed by atoms with Gasteiger partial charge in [-0.2, -0.15) is 0 Å². The van der Waals surface area contributed by atoms with E-state index in [9.17, 15) is 8.78 Å². The second kappa shape index (κ2) is 5.50. The Balaban J connectivity index is 2.74. The molecule has 0 atom stereocenters. The number of benzene rings is 1.